The van der Waals surface area contributed by atoms with Crippen molar-refractivity contribution in [2.24, 2.45) is 0 Å². The van der Waals surface area contributed by atoms with Crippen molar-refractivity contribution in [2.45, 2.75) is 19.3 Å². The van der Waals surface area contributed by atoms with Gasteiger partial charge in [0.25, 0.3) is 5.91 Å². The Bertz CT molecular complexity index is 356. The number of rotatable bonds is 1. The average molecular weight is 204 g/mol. The molecule has 0 aromatic heterocycles. The summed E-state index contributed by atoms with van der Waals surface area (Å²) in [6.45, 7) is 2.73. The molecule has 1 N–H and O–H groups in total. The van der Waals surface area contributed by atoms with E-state index < -0.39 is 0 Å². The van der Waals surface area contributed by atoms with Crippen molar-refractivity contribution in [3.05, 3.63) is 36.4 Å². The fourth-order valence-corrected chi connectivity index (χ4v) is 1.75. The first-order valence-electron chi connectivity index (χ1n) is 5.21. The molecule has 1 amide bonds. The molecular formula is C12H14NO2. The van der Waals surface area contributed by atoms with Gasteiger partial charge in [-0.25, -0.2) is 0 Å². The maximum Gasteiger partial charge on any atom is 0.254 e. The third-order valence-corrected chi connectivity index (χ3v) is 2.56. The number of benzene rings is 1. The van der Waals surface area contributed by atoms with Crippen LogP contribution < -0.4 is 0 Å². The summed E-state index contributed by atoms with van der Waals surface area (Å²) in [5.74, 6) is 0.114. The number of likely N-dealkylation sites (tertiary alicyclic amines) is 1. The Hall–Kier alpha value is -1.51. The molecule has 0 aliphatic carbocycles. The normalized spacial score (nSPS) is 16.4. The molecule has 1 aliphatic rings. The number of hydrogen-bond acceptors (Lipinski definition) is 2. The van der Waals surface area contributed by atoms with Gasteiger partial charge in [0.05, 0.1) is 6.54 Å². The first-order valence-corrected chi connectivity index (χ1v) is 5.21. The van der Waals surface area contributed by atoms with Crippen LogP contribution in [0.15, 0.2) is 24.3 Å². The predicted octanol–water partition coefficient (Wildman–Crippen LogP) is 2.18. The molecule has 1 fully saturated rings. The van der Waals surface area contributed by atoms with Gasteiger partial charge in [-0.15, -0.1) is 0 Å². The number of aromatic hydroxyl groups is 1. The SMILES string of the molecule is O=C(c1cccc(O)c1)N1[CH]CCCC1. The van der Waals surface area contributed by atoms with Crippen molar-refractivity contribution in [1.29, 1.82) is 0 Å². The molecule has 3 nitrogen and oxygen atoms in total. The number of hydrogen-bond donors (Lipinski definition) is 1. The second kappa shape index (κ2) is 4.34. The summed E-state index contributed by atoms with van der Waals surface area (Å²) >= 11 is 0. The quantitative estimate of drug-likeness (QED) is 0.761. The zero-order valence-electron chi connectivity index (χ0n) is 8.52. The summed E-state index contributed by atoms with van der Waals surface area (Å²) in [7, 11) is 0. The second-order valence-electron chi connectivity index (χ2n) is 3.73. The minimum absolute atomic E-state index is 0.0226. The lowest BCUT2D eigenvalue weighted by molar-refractivity contribution is 0.0774. The van der Waals surface area contributed by atoms with Gasteiger partial charge in [-0.2, -0.15) is 0 Å². The largest absolute Gasteiger partial charge is 0.508 e. The van der Waals surface area contributed by atoms with E-state index in [4.69, 9.17) is 0 Å². The van der Waals surface area contributed by atoms with E-state index in [1.807, 2.05) is 6.54 Å². The highest BCUT2D eigenvalue weighted by Crippen LogP contribution is 2.18. The van der Waals surface area contributed by atoms with Gasteiger partial charge in [0.15, 0.2) is 0 Å². The third-order valence-electron chi connectivity index (χ3n) is 2.56. The Morgan fingerprint density at radius 2 is 2.20 bits per heavy atom. The van der Waals surface area contributed by atoms with E-state index in [1.54, 1.807) is 23.1 Å². The van der Waals surface area contributed by atoms with Crippen molar-refractivity contribution in [3.8, 4) is 5.75 Å². The van der Waals surface area contributed by atoms with Crippen LogP contribution in [0.5, 0.6) is 5.75 Å². The molecule has 3 heteroatoms. The fourth-order valence-electron chi connectivity index (χ4n) is 1.75. The maximum atomic E-state index is 11.9. The van der Waals surface area contributed by atoms with Crippen LogP contribution in [0.1, 0.15) is 29.6 Å². The number of piperidine rings is 1. The fraction of sp³-hybridized carbons (Fsp3) is 0.333. The number of amides is 1. The van der Waals surface area contributed by atoms with Gasteiger partial charge in [0.2, 0.25) is 0 Å². The van der Waals surface area contributed by atoms with E-state index in [0.29, 0.717) is 5.56 Å². The van der Waals surface area contributed by atoms with Crippen LogP contribution in [-0.4, -0.2) is 22.5 Å². The Morgan fingerprint density at radius 3 is 2.87 bits per heavy atom. The molecule has 1 aromatic rings. The molecule has 0 saturated carbocycles. The topological polar surface area (TPSA) is 40.5 Å². The highest BCUT2D eigenvalue weighted by atomic mass is 16.3. The minimum atomic E-state index is -0.0226. The summed E-state index contributed by atoms with van der Waals surface area (Å²) in [6.07, 6.45) is 3.18. The van der Waals surface area contributed by atoms with Gasteiger partial charge in [0, 0.05) is 12.1 Å². The average Bonchev–Trinajstić information content (AvgIpc) is 2.29. The summed E-state index contributed by atoms with van der Waals surface area (Å²) in [5.41, 5.74) is 0.549. The van der Waals surface area contributed by atoms with Crippen LogP contribution >= 0.6 is 0 Å². The van der Waals surface area contributed by atoms with Gasteiger partial charge in [-0.3, -0.25) is 4.79 Å². The Labute approximate surface area is 89.3 Å². The van der Waals surface area contributed by atoms with Crippen LogP contribution in [0.2, 0.25) is 0 Å². The lowest BCUT2D eigenvalue weighted by Gasteiger charge is -2.26. The van der Waals surface area contributed by atoms with E-state index in [9.17, 15) is 9.90 Å². The van der Waals surface area contributed by atoms with E-state index >= 15 is 0 Å². The summed E-state index contributed by atoms with van der Waals surface area (Å²) in [5, 5.41) is 9.28. The summed E-state index contributed by atoms with van der Waals surface area (Å²) in [4.78, 5) is 13.7. The number of nitrogens with zero attached hydrogens (tertiary/aromatic N) is 1. The van der Waals surface area contributed by atoms with Crippen molar-refractivity contribution in [1.82, 2.24) is 4.90 Å². The molecule has 15 heavy (non-hydrogen) atoms. The molecule has 0 bridgehead atoms. The lowest BCUT2D eigenvalue weighted by atomic mass is 10.1. The van der Waals surface area contributed by atoms with Gasteiger partial charge in [-0.05, 0) is 37.5 Å². The summed E-state index contributed by atoms with van der Waals surface area (Å²) < 4.78 is 0. The van der Waals surface area contributed by atoms with E-state index in [2.05, 4.69) is 0 Å². The van der Waals surface area contributed by atoms with Crippen molar-refractivity contribution in [3.63, 3.8) is 0 Å². The van der Waals surface area contributed by atoms with Crippen molar-refractivity contribution < 1.29 is 9.90 Å². The van der Waals surface area contributed by atoms with Gasteiger partial charge in [0.1, 0.15) is 5.75 Å². The molecular weight excluding hydrogens is 190 g/mol. The maximum absolute atomic E-state index is 11.9. The molecule has 1 radical (unpaired) electrons. The van der Waals surface area contributed by atoms with Gasteiger partial charge >= 0.3 is 0 Å². The van der Waals surface area contributed by atoms with Crippen LogP contribution in [-0.2, 0) is 0 Å². The zero-order chi connectivity index (χ0) is 10.7. The summed E-state index contributed by atoms with van der Waals surface area (Å²) in [6, 6.07) is 6.48. The number of carbonyl (C=O) groups is 1. The first kappa shape index (κ1) is 10.0. The molecule has 0 unspecified atom stereocenters. The minimum Gasteiger partial charge on any atom is -0.508 e. The Balaban J connectivity index is 2.12. The van der Waals surface area contributed by atoms with Crippen molar-refractivity contribution in [2.75, 3.05) is 6.54 Å². The van der Waals surface area contributed by atoms with E-state index in [1.165, 1.54) is 6.07 Å². The van der Waals surface area contributed by atoms with Crippen LogP contribution in [0.4, 0.5) is 0 Å². The third kappa shape index (κ3) is 2.29. The molecule has 79 valence electrons. The van der Waals surface area contributed by atoms with Crippen LogP contribution in [0, 0.1) is 6.54 Å². The monoisotopic (exact) mass is 204 g/mol. The molecule has 0 spiro atoms. The van der Waals surface area contributed by atoms with Crippen LogP contribution in [0.25, 0.3) is 0 Å². The standard InChI is InChI=1S/C12H14NO2/c14-11-6-4-5-10(9-11)12(15)13-7-2-1-3-8-13/h4-7,9,14H,1-3,8H2. The molecule has 2 rings (SSSR count). The van der Waals surface area contributed by atoms with E-state index in [-0.39, 0.29) is 11.7 Å². The van der Waals surface area contributed by atoms with Gasteiger partial charge in [-0.1, -0.05) is 6.07 Å². The molecule has 1 heterocycles. The molecule has 1 aliphatic heterocycles. The lowest BCUT2D eigenvalue weighted by Crippen LogP contribution is -2.32. The Morgan fingerprint density at radius 1 is 1.33 bits per heavy atom. The van der Waals surface area contributed by atoms with Crippen molar-refractivity contribution >= 4 is 5.91 Å². The van der Waals surface area contributed by atoms with Gasteiger partial charge < -0.3 is 10.0 Å². The predicted molar refractivity (Wildman–Crippen MR) is 57.3 cm³/mol. The number of phenolic OH excluding ortho intramolecular Hbond substituents is 1. The highest BCUT2D eigenvalue weighted by molar-refractivity contribution is 5.95. The Kier molecular flexibility index (Phi) is 2.90. The first-order chi connectivity index (χ1) is 7.27. The molecule has 0 atom stereocenters. The smallest absolute Gasteiger partial charge is 0.254 e. The zero-order valence-corrected chi connectivity index (χ0v) is 8.52. The number of phenols is 1. The molecule has 1 aromatic carbocycles. The highest BCUT2D eigenvalue weighted by Gasteiger charge is 2.18. The van der Waals surface area contributed by atoms with Crippen LogP contribution in [0.3, 0.4) is 0 Å². The number of carbonyl (C=O) groups excluding carboxylic acids is 1. The van der Waals surface area contributed by atoms with E-state index in [0.717, 1.165) is 25.8 Å². The molecule has 1 saturated heterocycles. The second-order valence-corrected chi connectivity index (χ2v) is 3.73.